The highest BCUT2D eigenvalue weighted by atomic mass is 16.5. The molecule has 1 aromatic carbocycles. The minimum atomic E-state index is 0.835. The molecule has 0 aromatic heterocycles. The van der Waals surface area contributed by atoms with Crippen molar-refractivity contribution in [2.24, 2.45) is 0 Å². The first kappa shape index (κ1) is 18.2. The van der Waals surface area contributed by atoms with Gasteiger partial charge in [0, 0.05) is 20.3 Å². The molecule has 0 saturated carbocycles. The fourth-order valence-corrected chi connectivity index (χ4v) is 0.950. The lowest BCUT2D eigenvalue weighted by molar-refractivity contribution is 0.277. The van der Waals surface area contributed by atoms with Crippen LogP contribution in [0.25, 0.3) is 0 Å². The maximum atomic E-state index is 5.06. The molecule has 0 bridgehead atoms. The van der Waals surface area contributed by atoms with Crippen molar-refractivity contribution in [1.29, 1.82) is 0 Å². The second-order valence-corrected chi connectivity index (χ2v) is 3.51. The van der Waals surface area contributed by atoms with Crippen molar-refractivity contribution in [3.05, 3.63) is 23.8 Å². The van der Waals surface area contributed by atoms with Gasteiger partial charge in [-0.2, -0.15) is 0 Å². The maximum Gasteiger partial charge on any atom is 0.122 e. The summed E-state index contributed by atoms with van der Waals surface area (Å²) in [5, 5.41) is 0. The van der Waals surface area contributed by atoms with E-state index >= 15 is 0 Å². The Bertz CT molecular complexity index is 248. The summed E-state index contributed by atoms with van der Waals surface area (Å²) < 4.78 is 14.4. The van der Waals surface area contributed by atoms with E-state index in [1.807, 2.05) is 25.1 Å². The maximum absolute atomic E-state index is 5.06. The average Bonchev–Trinajstić information content (AvgIpc) is 2.30. The lowest BCUT2D eigenvalue weighted by atomic mass is 10.2. The van der Waals surface area contributed by atoms with Crippen LogP contribution in [-0.4, -0.2) is 28.4 Å². The molecule has 0 N–H and O–H groups in total. The molecule has 0 fully saturated rings. The molecule has 0 aliphatic carbocycles. The summed E-state index contributed by atoms with van der Waals surface area (Å²) in [4.78, 5) is 0. The quantitative estimate of drug-likeness (QED) is 0.791. The Morgan fingerprint density at radius 3 is 1.35 bits per heavy atom. The second kappa shape index (κ2) is 12.8. The van der Waals surface area contributed by atoms with Crippen molar-refractivity contribution in [1.82, 2.24) is 0 Å². The van der Waals surface area contributed by atoms with E-state index in [9.17, 15) is 0 Å². The molecule has 0 saturated heterocycles. The average molecular weight is 242 g/mol. The van der Waals surface area contributed by atoms with Crippen LogP contribution in [-0.2, 0) is 4.74 Å². The fraction of sp³-hybridized carbons (Fsp3) is 0.571. The molecule has 0 spiro atoms. The van der Waals surface area contributed by atoms with Crippen LogP contribution in [0.3, 0.4) is 0 Å². The molecule has 0 aliphatic rings. The molecule has 0 amide bonds. The van der Waals surface area contributed by atoms with Gasteiger partial charge in [-0.25, -0.2) is 0 Å². The topological polar surface area (TPSA) is 27.7 Å². The lowest BCUT2D eigenvalue weighted by Gasteiger charge is -2.04. The van der Waals surface area contributed by atoms with Crippen molar-refractivity contribution in [3.63, 3.8) is 0 Å². The van der Waals surface area contributed by atoms with E-state index < -0.39 is 0 Å². The van der Waals surface area contributed by atoms with Gasteiger partial charge >= 0.3 is 0 Å². The first-order valence-electron chi connectivity index (χ1n) is 5.69. The van der Waals surface area contributed by atoms with Crippen LogP contribution < -0.4 is 9.47 Å². The van der Waals surface area contributed by atoms with Crippen LogP contribution in [0.15, 0.2) is 18.2 Å². The predicted molar refractivity (Wildman–Crippen MR) is 73.2 cm³/mol. The first-order chi connectivity index (χ1) is 8.09. The van der Waals surface area contributed by atoms with Gasteiger partial charge in [0.25, 0.3) is 0 Å². The minimum Gasteiger partial charge on any atom is -0.497 e. The van der Waals surface area contributed by atoms with E-state index in [0.717, 1.165) is 17.1 Å². The monoisotopic (exact) mass is 242 g/mol. The first-order valence-corrected chi connectivity index (χ1v) is 5.69. The smallest absolute Gasteiger partial charge is 0.122 e. The summed E-state index contributed by atoms with van der Waals surface area (Å²) in [6, 6.07) is 5.78. The number of hydrogen-bond acceptors (Lipinski definition) is 3. The molecule has 3 heteroatoms. The van der Waals surface area contributed by atoms with Crippen LogP contribution in [0.1, 0.15) is 25.8 Å². The third-order valence-corrected chi connectivity index (χ3v) is 1.50. The molecule has 0 heterocycles. The van der Waals surface area contributed by atoms with E-state index in [2.05, 4.69) is 18.6 Å². The summed E-state index contributed by atoms with van der Waals surface area (Å²) in [7, 11) is 6.54. The number of benzene rings is 1. The minimum absolute atomic E-state index is 0.835. The van der Waals surface area contributed by atoms with Crippen molar-refractivity contribution in [2.45, 2.75) is 27.2 Å². The second-order valence-electron chi connectivity index (χ2n) is 3.51. The predicted octanol–water partition coefficient (Wildman–Crippen LogP) is 3.69. The summed E-state index contributed by atoms with van der Waals surface area (Å²) >= 11 is 0. The van der Waals surface area contributed by atoms with Crippen LogP contribution in [0.2, 0.25) is 0 Å². The zero-order valence-electron chi connectivity index (χ0n) is 12.2. The molecule has 0 unspecified atom stereocenters. The molecular formula is C14H26O3. The molecular weight excluding hydrogens is 216 g/mol. The van der Waals surface area contributed by atoms with Gasteiger partial charge in [0.2, 0.25) is 0 Å². The molecule has 0 atom stereocenters. The number of ether oxygens (including phenoxy) is 3. The van der Waals surface area contributed by atoms with E-state index in [-0.39, 0.29) is 0 Å². The fourth-order valence-electron chi connectivity index (χ4n) is 0.950. The Balaban J connectivity index is 0. The molecule has 17 heavy (non-hydrogen) atoms. The van der Waals surface area contributed by atoms with Gasteiger partial charge in [-0.15, -0.1) is 0 Å². The highest BCUT2D eigenvalue weighted by Crippen LogP contribution is 2.21. The Morgan fingerprint density at radius 1 is 0.824 bits per heavy atom. The van der Waals surface area contributed by atoms with Gasteiger partial charge in [0.1, 0.15) is 11.5 Å². The number of aryl methyl sites for hydroxylation is 1. The van der Waals surface area contributed by atoms with Crippen LogP contribution in [0.5, 0.6) is 11.5 Å². The zero-order chi connectivity index (χ0) is 13.7. The Morgan fingerprint density at radius 2 is 1.12 bits per heavy atom. The largest absolute Gasteiger partial charge is 0.497 e. The van der Waals surface area contributed by atoms with Crippen molar-refractivity contribution in [2.75, 3.05) is 28.4 Å². The SMILES string of the molecule is CCC.COC.COc1cc(C)cc(OC)c1. The standard InChI is InChI=1S/C9H12O2.C3H8.C2H6O/c1-7-4-8(10-2)6-9(5-7)11-3;2*1-3-2/h4-6H,1-3H3;3H2,1-2H3;1-2H3. The Hall–Kier alpha value is -1.22. The molecule has 100 valence electrons. The zero-order valence-corrected chi connectivity index (χ0v) is 12.2. The highest BCUT2D eigenvalue weighted by molar-refractivity contribution is 5.37. The van der Waals surface area contributed by atoms with E-state index in [1.54, 1.807) is 28.4 Å². The number of hydrogen-bond donors (Lipinski definition) is 0. The van der Waals surface area contributed by atoms with Gasteiger partial charge in [-0.05, 0) is 24.6 Å². The normalized spacial score (nSPS) is 8.18. The molecule has 1 rings (SSSR count). The molecule has 0 radical (unpaired) electrons. The van der Waals surface area contributed by atoms with Gasteiger partial charge in [0.05, 0.1) is 14.2 Å². The number of rotatable bonds is 2. The van der Waals surface area contributed by atoms with Gasteiger partial charge < -0.3 is 14.2 Å². The van der Waals surface area contributed by atoms with Crippen molar-refractivity contribution < 1.29 is 14.2 Å². The van der Waals surface area contributed by atoms with Crippen LogP contribution in [0.4, 0.5) is 0 Å². The summed E-state index contributed by atoms with van der Waals surface area (Å²) in [5.41, 5.74) is 1.14. The summed E-state index contributed by atoms with van der Waals surface area (Å²) in [6.07, 6.45) is 1.25. The summed E-state index contributed by atoms with van der Waals surface area (Å²) in [6.45, 7) is 6.26. The number of methoxy groups -OCH3 is 3. The molecule has 1 aromatic rings. The van der Waals surface area contributed by atoms with Gasteiger partial charge in [-0.3, -0.25) is 0 Å². The van der Waals surface area contributed by atoms with Gasteiger partial charge in [-0.1, -0.05) is 20.3 Å². The summed E-state index contributed by atoms with van der Waals surface area (Å²) in [5.74, 6) is 1.67. The highest BCUT2D eigenvalue weighted by Gasteiger charge is 1.96. The Labute approximate surface area is 106 Å². The van der Waals surface area contributed by atoms with E-state index in [0.29, 0.717) is 0 Å². The van der Waals surface area contributed by atoms with Crippen molar-refractivity contribution >= 4 is 0 Å². The van der Waals surface area contributed by atoms with Crippen molar-refractivity contribution in [3.8, 4) is 11.5 Å². The van der Waals surface area contributed by atoms with E-state index in [1.165, 1.54) is 6.42 Å². The van der Waals surface area contributed by atoms with Gasteiger partial charge in [0.15, 0.2) is 0 Å². The third kappa shape index (κ3) is 11.1. The van der Waals surface area contributed by atoms with Crippen LogP contribution in [0, 0.1) is 6.92 Å². The van der Waals surface area contributed by atoms with E-state index in [4.69, 9.17) is 9.47 Å². The molecule has 0 aliphatic heterocycles. The Kier molecular flexibility index (Phi) is 13.7. The third-order valence-electron chi connectivity index (χ3n) is 1.50. The van der Waals surface area contributed by atoms with Crippen LogP contribution >= 0.6 is 0 Å². The molecule has 3 nitrogen and oxygen atoms in total. The lowest BCUT2D eigenvalue weighted by Crippen LogP contribution is -1.87.